The van der Waals surface area contributed by atoms with E-state index in [1.807, 2.05) is 62.4 Å². The number of benzene rings is 3. The molecule has 5 nitrogen and oxygen atoms in total. The van der Waals surface area contributed by atoms with Crippen LogP contribution in [0.25, 0.3) is 10.9 Å². The van der Waals surface area contributed by atoms with Crippen LogP contribution in [-0.4, -0.2) is 23.3 Å². The zero-order valence-electron chi connectivity index (χ0n) is 17.7. The summed E-state index contributed by atoms with van der Waals surface area (Å²) in [6.07, 6.45) is 3.74. The third-order valence-electron chi connectivity index (χ3n) is 5.11. The van der Waals surface area contributed by atoms with E-state index in [-0.39, 0.29) is 12.5 Å². The standard InChI is InChI=1S/C26H25N3O2/c1-19-12-13-20(2)25(14-19)31-18-26(30)28-27-15-22-17-29(16-21-8-4-3-5-9-21)24-11-7-6-10-23(22)24/h3-15,17H,16,18H2,1-2H3,(H,28,30)/b27-15-. The molecule has 5 heteroatoms. The molecule has 0 bridgehead atoms. The Bertz CT molecular complexity index is 1230. The second-order valence-corrected chi connectivity index (χ2v) is 7.57. The number of nitrogens with one attached hydrogen (secondary N) is 1. The number of hydrogen-bond donors (Lipinski definition) is 1. The fourth-order valence-electron chi connectivity index (χ4n) is 3.50. The van der Waals surface area contributed by atoms with E-state index in [0.717, 1.165) is 34.1 Å². The molecule has 0 unspecified atom stereocenters. The molecule has 1 aromatic heterocycles. The van der Waals surface area contributed by atoms with Gasteiger partial charge in [-0.2, -0.15) is 5.10 Å². The summed E-state index contributed by atoms with van der Waals surface area (Å²) in [5, 5.41) is 5.23. The van der Waals surface area contributed by atoms with Crippen molar-refractivity contribution in [1.29, 1.82) is 0 Å². The third-order valence-corrected chi connectivity index (χ3v) is 5.11. The summed E-state index contributed by atoms with van der Waals surface area (Å²) in [6.45, 7) is 4.63. The molecule has 1 N–H and O–H groups in total. The Labute approximate surface area is 182 Å². The number of para-hydroxylation sites is 1. The van der Waals surface area contributed by atoms with E-state index in [1.54, 1.807) is 6.21 Å². The maximum Gasteiger partial charge on any atom is 0.277 e. The maximum absolute atomic E-state index is 12.2. The van der Waals surface area contributed by atoms with E-state index in [0.29, 0.717) is 5.75 Å². The van der Waals surface area contributed by atoms with E-state index >= 15 is 0 Å². The Hall–Kier alpha value is -3.86. The molecule has 0 saturated carbocycles. The smallest absolute Gasteiger partial charge is 0.277 e. The SMILES string of the molecule is Cc1ccc(C)c(OCC(=O)N/N=C\c2cn(Cc3ccccc3)c3ccccc23)c1. The van der Waals surface area contributed by atoms with Gasteiger partial charge >= 0.3 is 0 Å². The minimum Gasteiger partial charge on any atom is -0.483 e. The predicted octanol–water partition coefficient (Wildman–Crippen LogP) is 4.84. The van der Waals surface area contributed by atoms with Gasteiger partial charge in [0.2, 0.25) is 0 Å². The van der Waals surface area contributed by atoms with Crippen molar-refractivity contribution < 1.29 is 9.53 Å². The molecule has 0 aliphatic heterocycles. The third kappa shape index (κ3) is 5.01. The van der Waals surface area contributed by atoms with Gasteiger partial charge in [0.25, 0.3) is 5.91 Å². The first-order chi connectivity index (χ1) is 15.1. The summed E-state index contributed by atoms with van der Waals surface area (Å²) in [5.41, 5.74) is 7.93. The second-order valence-electron chi connectivity index (χ2n) is 7.57. The van der Waals surface area contributed by atoms with Crippen molar-refractivity contribution in [1.82, 2.24) is 9.99 Å². The first-order valence-corrected chi connectivity index (χ1v) is 10.2. The Morgan fingerprint density at radius 1 is 1.03 bits per heavy atom. The number of amides is 1. The van der Waals surface area contributed by atoms with Crippen molar-refractivity contribution in [3.8, 4) is 5.75 Å². The number of nitrogens with zero attached hydrogens (tertiary/aromatic N) is 2. The van der Waals surface area contributed by atoms with Crippen LogP contribution in [0.2, 0.25) is 0 Å². The van der Waals surface area contributed by atoms with Crippen molar-refractivity contribution >= 4 is 23.0 Å². The van der Waals surface area contributed by atoms with Crippen LogP contribution in [0, 0.1) is 13.8 Å². The van der Waals surface area contributed by atoms with Crippen LogP contribution in [-0.2, 0) is 11.3 Å². The molecule has 1 amide bonds. The largest absolute Gasteiger partial charge is 0.483 e. The zero-order chi connectivity index (χ0) is 21.6. The molecule has 1 heterocycles. The van der Waals surface area contributed by atoms with E-state index < -0.39 is 0 Å². The molecule has 4 aromatic rings. The normalized spacial score (nSPS) is 11.2. The van der Waals surface area contributed by atoms with E-state index in [9.17, 15) is 4.79 Å². The zero-order valence-corrected chi connectivity index (χ0v) is 17.7. The van der Waals surface area contributed by atoms with E-state index in [1.165, 1.54) is 5.56 Å². The summed E-state index contributed by atoms with van der Waals surface area (Å²) in [4.78, 5) is 12.2. The fraction of sp³-hybridized carbons (Fsp3) is 0.154. The van der Waals surface area contributed by atoms with Crippen LogP contribution < -0.4 is 10.2 Å². The molecule has 156 valence electrons. The number of hydrazone groups is 1. The minimum atomic E-state index is -0.301. The van der Waals surface area contributed by atoms with Gasteiger partial charge in [-0.15, -0.1) is 0 Å². The fourth-order valence-corrected chi connectivity index (χ4v) is 3.50. The summed E-state index contributed by atoms with van der Waals surface area (Å²) < 4.78 is 7.82. The topological polar surface area (TPSA) is 55.6 Å². The van der Waals surface area contributed by atoms with Crippen LogP contribution in [0.3, 0.4) is 0 Å². The highest BCUT2D eigenvalue weighted by Gasteiger charge is 2.08. The molecule has 0 fully saturated rings. The first-order valence-electron chi connectivity index (χ1n) is 10.2. The van der Waals surface area contributed by atoms with Gasteiger partial charge in [0, 0.05) is 29.2 Å². The van der Waals surface area contributed by atoms with Gasteiger partial charge in [-0.3, -0.25) is 4.79 Å². The average Bonchev–Trinajstić information content (AvgIpc) is 3.12. The first kappa shape index (κ1) is 20.4. The van der Waals surface area contributed by atoms with Gasteiger partial charge in [-0.25, -0.2) is 5.43 Å². The number of hydrogen-bond acceptors (Lipinski definition) is 3. The Morgan fingerprint density at radius 2 is 1.81 bits per heavy atom. The molecule has 0 atom stereocenters. The van der Waals surface area contributed by atoms with Crippen molar-refractivity contribution in [3.63, 3.8) is 0 Å². The Balaban J connectivity index is 1.43. The minimum absolute atomic E-state index is 0.0859. The average molecular weight is 412 g/mol. The summed E-state index contributed by atoms with van der Waals surface area (Å²) in [7, 11) is 0. The summed E-state index contributed by atoms with van der Waals surface area (Å²) in [6, 6.07) is 24.4. The summed E-state index contributed by atoms with van der Waals surface area (Å²) in [5.74, 6) is 0.410. The van der Waals surface area contributed by atoms with Crippen molar-refractivity contribution in [2.24, 2.45) is 5.10 Å². The molecule has 0 spiro atoms. The number of carbonyl (C=O) groups excluding carboxylic acids is 1. The van der Waals surface area contributed by atoms with Gasteiger partial charge in [0.1, 0.15) is 5.75 Å². The van der Waals surface area contributed by atoms with Gasteiger partial charge in [-0.1, -0.05) is 60.7 Å². The highest BCUT2D eigenvalue weighted by atomic mass is 16.5. The number of ether oxygens (including phenoxy) is 1. The quantitative estimate of drug-likeness (QED) is 0.350. The van der Waals surface area contributed by atoms with Gasteiger partial charge in [-0.05, 0) is 42.7 Å². The molecule has 3 aromatic carbocycles. The van der Waals surface area contributed by atoms with E-state index in [4.69, 9.17) is 4.74 Å². The number of aryl methyl sites for hydroxylation is 2. The number of fused-ring (bicyclic) bond motifs is 1. The highest BCUT2D eigenvalue weighted by molar-refractivity contribution is 5.99. The molecule has 31 heavy (non-hydrogen) atoms. The molecule has 0 saturated heterocycles. The molecular formula is C26H25N3O2. The molecule has 0 aliphatic rings. The van der Waals surface area contributed by atoms with E-state index in [2.05, 4.69) is 45.6 Å². The molecular weight excluding hydrogens is 386 g/mol. The van der Waals surface area contributed by atoms with Crippen LogP contribution >= 0.6 is 0 Å². The number of rotatable bonds is 7. The lowest BCUT2D eigenvalue weighted by Gasteiger charge is -2.08. The highest BCUT2D eigenvalue weighted by Crippen LogP contribution is 2.21. The lowest BCUT2D eigenvalue weighted by Crippen LogP contribution is -2.24. The van der Waals surface area contributed by atoms with Crippen molar-refractivity contribution in [2.45, 2.75) is 20.4 Å². The number of carbonyl (C=O) groups is 1. The van der Waals surface area contributed by atoms with Crippen LogP contribution in [0.1, 0.15) is 22.3 Å². The molecule has 0 radical (unpaired) electrons. The van der Waals surface area contributed by atoms with Crippen molar-refractivity contribution in [3.05, 3.63) is 101 Å². The van der Waals surface area contributed by atoms with Gasteiger partial charge in [0.05, 0.1) is 6.21 Å². The lowest BCUT2D eigenvalue weighted by molar-refractivity contribution is -0.123. The van der Waals surface area contributed by atoms with Crippen LogP contribution in [0.4, 0.5) is 0 Å². The second kappa shape index (κ2) is 9.30. The predicted molar refractivity (Wildman–Crippen MR) is 125 cm³/mol. The van der Waals surface area contributed by atoms with Gasteiger partial charge < -0.3 is 9.30 Å². The van der Waals surface area contributed by atoms with Crippen LogP contribution in [0.5, 0.6) is 5.75 Å². The Morgan fingerprint density at radius 3 is 2.65 bits per heavy atom. The maximum atomic E-state index is 12.2. The summed E-state index contributed by atoms with van der Waals surface area (Å²) >= 11 is 0. The monoisotopic (exact) mass is 411 g/mol. The van der Waals surface area contributed by atoms with Crippen molar-refractivity contribution in [2.75, 3.05) is 6.61 Å². The van der Waals surface area contributed by atoms with Gasteiger partial charge in [0.15, 0.2) is 6.61 Å². The lowest BCUT2D eigenvalue weighted by atomic mass is 10.1. The molecule has 0 aliphatic carbocycles. The molecule has 4 rings (SSSR count). The Kier molecular flexibility index (Phi) is 6.13. The van der Waals surface area contributed by atoms with Crippen LogP contribution in [0.15, 0.2) is 84.1 Å². The number of aromatic nitrogens is 1.